The van der Waals surface area contributed by atoms with Crippen LogP contribution in [0.25, 0.3) is 0 Å². The topological polar surface area (TPSA) is 78.4 Å². The van der Waals surface area contributed by atoms with Crippen molar-refractivity contribution < 1.29 is 14.7 Å². The summed E-state index contributed by atoms with van der Waals surface area (Å²) in [4.78, 5) is 22.8. The molecule has 1 aliphatic rings. The van der Waals surface area contributed by atoms with E-state index < -0.39 is 12.0 Å². The molecule has 0 radical (unpaired) electrons. The van der Waals surface area contributed by atoms with Crippen molar-refractivity contribution in [2.24, 2.45) is 5.92 Å². The largest absolute Gasteiger partial charge is 0.478 e. The summed E-state index contributed by atoms with van der Waals surface area (Å²) in [6.45, 7) is 1.94. The van der Waals surface area contributed by atoms with E-state index >= 15 is 0 Å². The maximum atomic E-state index is 11.8. The summed E-state index contributed by atoms with van der Waals surface area (Å²) in [5.41, 5.74) is 0.208. The van der Waals surface area contributed by atoms with Crippen LogP contribution in [0.4, 0.5) is 10.5 Å². The second-order valence-electron chi connectivity index (χ2n) is 4.72. The molecule has 1 saturated carbocycles. The Hall–Kier alpha value is -1.75. The predicted octanol–water partition coefficient (Wildman–Crippen LogP) is 2.96. The number of hydrogen-bond acceptors (Lipinski definition) is 2. The van der Waals surface area contributed by atoms with Crippen molar-refractivity contribution in [2.75, 3.05) is 5.32 Å². The first kappa shape index (κ1) is 13.7. The summed E-state index contributed by atoms with van der Waals surface area (Å²) in [5, 5.41) is 14.7. The minimum Gasteiger partial charge on any atom is -0.478 e. The fraction of sp³-hybridized carbons (Fsp3) is 0.385. The molecule has 2 rings (SSSR count). The molecule has 1 aliphatic carbocycles. The van der Waals surface area contributed by atoms with E-state index in [4.69, 9.17) is 16.7 Å². The highest BCUT2D eigenvalue weighted by Crippen LogP contribution is 2.32. The van der Waals surface area contributed by atoms with E-state index in [9.17, 15) is 9.59 Å². The third kappa shape index (κ3) is 3.61. The summed E-state index contributed by atoms with van der Waals surface area (Å²) in [6.07, 6.45) is 2.25. The van der Waals surface area contributed by atoms with Gasteiger partial charge in [0.15, 0.2) is 0 Å². The number of hydrogen-bond donors (Lipinski definition) is 3. The zero-order chi connectivity index (χ0) is 14.0. The van der Waals surface area contributed by atoms with Crippen LogP contribution in [0.2, 0.25) is 5.02 Å². The van der Waals surface area contributed by atoms with Gasteiger partial charge in [0, 0.05) is 11.1 Å². The average Bonchev–Trinajstić information content (AvgIpc) is 3.11. The molecular weight excluding hydrogens is 268 g/mol. The quantitative estimate of drug-likeness (QED) is 0.794. The lowest BCUT2D eigenvalue weighted by Gasteiger charge is -2.14. The molecule has 0 heterocycles. The highest BCUT2D eigenvalue weighted by Gasteiger charge is 2.29. The van der Waals surface area contributed by atoms with Gasteiger partial charge in [0.05, 0.1) is 11.3 Å². The predicted molar refractivity (Wildman–Crippen MR) is 72.8 cm³/mol. The van der Waals surface area contributed by atoms with E-state index in [2.05, 4.69) is 10.6 Å². The molecule has 0 aliphatic heterocycles. The third-order valence-electron chi connectivity index (χ3n) is 3.15. The molecule has 0 bridgehead atoms. The molecular formula is C13H15ClN2O3. The van der Waals surface area contributed by atoms with Crippen LogP contribution in [0.3, 0.4) is 0 Å². The maximum absolute atomic E-state index is 11.8. The molecule has 3 N–H and O–H groups in total. The van der Waals surface area contributed by atoms with Gasteiger partial charge in [-0.3, -0.25) is 0 Å². The van der Waals surface area contributed by atoms with Crippen LogP contribution in [0.15, 0.2) is 18.2 Å². The molecule has 1 aromatic carbocycles. The van der Waals surface area contributed by atoms with E-state index in [-0.39, 0.29) is 17.3 Å². The van der Waals surface area contributed by atoms with Gasteiger partial charge < -0.3 is 15.7 Å². The van der Waals surface area contributed by atoms with Gasteiger partial charge in [-0.05, 0) is 43.9 Å². The molecule has 0 spiro atoms. The minimum atomic E-state index is -1.11. The van der Waals surface area contributed by atoms with E-state index in [0.717, 1.165) is 12.8 Å². The zero-order valence-electron chi connectivity index (χ0n) is 10.4. The Bertz CT molecular complexity index is 515. The fourth-order valence-electron chi connectivity index (χ4n) is 1.89. The molecule has 1 unspecified atom stereocenters. The van der Waals surface area contributed by atoms with Gasteiger partial charge in [-0.25, -0.2) is 9.59 Å². The normalized spacial score (nSPS) is 15.7. The van der Waals surface area contributed by atoms with Crippen molar-refractivity contribution in [3.8, 4) is 0 Å². The van der Waals surface area contributed by atoms with Crippen molar-refractivity contribution in [1.29, 1.82) is 0 Å². The molecule has 2 amide bonds. The van der Waals surface area contributed by atoms with Crippen molar-refractivity contribution >= 4 is 29.3 Å². The van der Waals surface area contributed by atoms with Gasteiger partial charge in [0.1, 0.15) is 0 Å². The summed E-state index contributed by atoms with van der Waals surface area (Å²) in [5.74, 6) is -0.578. The first-order valence-corrected chi connectivity index (χ1v) is 6.45. The SMILES string of the molecule is CC(NC(=O)Nc1cc(Cl)ccc1C(=O)O)C1CC1. The molecule has 0 aromatic heterocycles. The number of anilines is 1. The number of aromatic carboxylic acids is 1. The van der Waals surface area contributed by atoms with Crippen LogP contribution in [-0.4, -0.2) is 23.1 Å². The number of urea groups is 1. The number of carbonyl (C=O) groups is 2. The zero-order valence-corrected chi connectivity index (χ0v) is 11.2. The fourth-order valence-corrected chi connectivity index (χ4v) is 2.06. The number of carbonyl (C=O) groups excluding carboxylic acids is 1. The van der Waals surface area contributed by atoms with E-state index in [1.54, 1.807) is 0 Å². The molecule has 1 aromatic rings. The van der Waals surface area contributed by atoms with Crippen LogP contribution in [0.5, 0.6) is 0 Å². The monoisotopic (exact) mass is 282 g/mol. The van der Waals surface area contributed by atoms with Crippen molar-refractivity contribution in [2.45, 2.75) is 25.8 Å². The standard InChI is InChI=1S/C13H15ClN2O3/c1-7(8-2-3-8)15-13(19)16-11-6-9(14)4-5-10(11)12(17)18/h4-8H,2-3H2,1H3,(H,17,18)(H2,15,16,19). The Labute approximate surface area is 116 Å². The molecule has 0 saturated heterocycles. The summed E-state index contributed by atoms with van der Waals surface area (Å²) >= 11 is 5.81. The van der Waals surface area contributed by atoms with Crippen molar-refractivity contribution in [3.63, 3.8) is 0 Å². The Balaban J connectivity index is 2.06. The van der Waals surface area contributed by atoms with E-state index in [1.807, 2.05) is 6.92 Å². The Morgan fingerprint density at radius 2 is 2.11 bits per heavy atom. The van der Waals surface area contributed by atoms with Crippen LogP contribution in [0, 0.1) is 5.92 Å². The van der Waals surface area contributed by atoms with Gasteiger partial charge in [-0.1, -0.05) is 11.6 Å². The molecule has 1 fully saturated rings. The number of halogens is 1. The van der Waals surface area contributed by atoms with Crippen LogP contribution >= 0.6 is 11.6 Å². The molecule has 5 nitrogen and oxygen atoms in total. The smallest absolute Gasteiger partial charge is 0.337 e. The van der Waals surface area contributed by atoms with Gasteiger partial charge >= 0.3 is 12.0 Å². The first-order valence-electron chi connectivity index (χ1n) is 6.07. The first-order chi connectivity index (χ1) is 8.97. The number of carboxylic acid groups (broad SMARTS) is 1. The van der Waals surface area contributed by atoms with E-state index in [1.165, 1.54) is 18.2 Å². The second kappa shape index (κ2) is 5.48. The van der Waals surface area contributed by atoms with Crippen molar-refractivity contribution in [1.82, 2.24) is 5.32 Å². The van der Waals surface area contributed by atoms with E-state index in [0.29, 0.717) is 10.9 Å². The van der Waals surface area contributed by atoms with Gasteiger partial charge in [0.25, 0.3) is 0 Å². The lowest BCUT2D eigenvalue weighted by molar-refractivity contribution is 0.0698. The van der Waals surface area contributed by atoms with Gasteiger partial charge in [0.2, 0.25) is 0 Å². The van der Waals surface area contributed by atoms with Gasteiger partial charge in [-0.15, -0.1) is 0 Å². The summed E-state index contributed by atoms with van der Waals surface area (Å²) < 4.78 is 0. The molecule has 6 heteroatoms. The van der Waals surface area contributed by atoms with Crippen molar-refractivity contribution in [3.05, 3.63) is 28.8 Å². The summed E-state index contributed by atoms with van der Waals surface area (Å²) in [7, 11) is 0. The lowest BCUT2D eigenvalue weighted by Crippen LogP contribution is -2.37. The van der Waals surface area contributed by atoms with Gasteiger partial charge in [-0.2, -0.15) is 0 Å². The van der Waals surface area contributed by atoms with Crippen LogP contribution in [0.1, 0.15) is 30.1 Å². The number of rotatable bonds is 4. The van der Waals surface area contributed by atoms with Crippen LogP contribution in [-0.2, 0) is 0 Å². The molecule has 102 valence electrons. The highest BCUT2D eigenvalue weighted by molar-refractivity contribution is 6.31. The number of benzene rings is 1. The second-order valence-corrected chi connectivity index (χ2v) is 5.16. The highest BCUT2D eigenvalue weighted by atomic mass is 35.5. The minimum absolute atomic E-state index is 0.0126. The Morgan fingerprint density at radius 1 is 1.42 bits per heavy atom. The number of nitrogens with one attached hydrogen (secondary N) is 2. The Morgan fingerprint density at radius 3 is 2.68 bits per heavy atom. The average molecular weight is 283 g/mol. The third-order valence-corrected chi connectivity index (χ3v) is 3.38. The summed E-state index contributed by atoms with van der Waals surface area (Å²) in [6, 6.07) is 3.94. The number of amides is 2. The Kier molecular flexibility index (Phi) is 3.95. The van der Waals surface area contributed by atoms with Crippen LogP contribution < -0.4 is 10.6 Å². The molecule has 1 atom stereocenters. The maximum Gasteiger partial charge on any atom is 0.337 e. The number of carboxylic acids is 1. The lowest BCUT2D eigenvalue weighted by atomic mass is 10.2. The molecule has 19 heavy (non-hydrogen) atoms.